The van der Waals surface area contributed by atoms with Gasteiger partial charge in [-0.25, -0.2) is 4.79 Å². The summed E-state index contributed by atoms with van der Waals surface area (Å²) in [7, 11) is 0. The molecule has 2 amide bonds. The van der Waals surface area contributed by atoms with Crippen LogP contribution in [0.5, 0.6) is 5.75 Å². The summed E-state index contributed by atoms with van der Waals surface area (Å²) < 4.78 is 1.88. The maximum Gasteiger partial charge on any atom is 0.315 e. The van der Waals surface area contributed by atoms with Crippen LogP contribution in [-0.2, 0) is 19.5 Å². The molecule has 1 heterocycles. The molecule has 0 spiro atoms. The summed E-state index contributed by atoms with van der Waals surface area (Å²) in [5, 5.41) is 22.7. The van der Waals surface area contributed by atoms with E-state index in [4.69, 9.17) is 0 Å². The number of aromatic nitrogens is 3. The zero-order valence-electron chi connectivity index (χ0n) is 13.5. The normalized spacial score (nSPS) is 11.9. The highest BCUT2D eigenvalue weighted by molar-refractivity contribution is 5.74. The first-order valence-electron chi connectivity index (χ1n) is 7.77. The monoisotopic (exact) mass is 317 g/mol. The summed E-state index contributed by atoms with van der Waals surface area (Å²) in [6.45, 7) is 5.09. The Labute approximate surface area is 135 Å². The Balaban J connectivity index is 1.71. The summed E-state index contributed by atoms with van der Waals surface area (Å²) in [6, 6.07) is 6.95. The smallest absolute Gasteiger partial charge is 0.315 e. The van der Waals surface area contributed by atoms with E-state index >= 15 is 0 Å². The molecule has 0 fully saturated rings. The molecule has 0 saturated heterocycles. The maximum absolute atomic E-state index is 11.9. The number of urea groups is 1. The zero-order chi connectivity index (χ0) is 16.7. The van der Waals surface area contributed by atoms with Crippen molar-refractivity contribution < 1.29 is 9.90 Å². The van der Waals surface area contributed by atoms with Crippen LogP contribution in [0.15, 0.2) is 30.6 Å². The highest BCUT2D eigenvalue weighted by Crippen LogP contribution is 2.11. The highest BCUT2D eigenvalue weighted by atomic mass is 16.3. The number of phenolic OH excluding ortho intramolecular Hbond substituents is 1. The summed E-state index contributed by atoms with van der Waals surface area (Å²) in [6.07, 6.45) is 3.31. The number of aromatic hydroxyl groups is 1. The van der Waals surface area contributed by atoms with E-state index < -0.39 is 0 Å². The van der Waals surface area contributed by atoms with Crippen LogP contribution in [0, 0.1) is 0 Å². The number of hydrogen-bond donors (Lipinski definition) is 3. The van der Waals surface area contributed by atoms with Gasteiger partial charge in [-0.05, 0) is 44.4 Å². The van der Waals surface area contributed by atoms with Crippen molar-refractivity contribution in [2.75, 3.05) is 0 Å². The first-order chi connectivity index (χ1) is 11.1. The summed E-state index contributed by atoms with van der Waals surface area (Å²) in [5.41, 5.74) is 1.13. The standard InChI is InChI=1S/C16H23N5O2/c1-3-21-11-18-20-15(21)10-17-16(23)19-12(2)4-5-13-6-8-14(22)9-7-13/h6-9,11-12,22H,3-5,10H2,1-2H3,(H2,17,19,23). The topological polar surface area (TPSA) is 92.1 Å². The van der Waals surface area contributed by atoms with Crippen molar-refractivity contribution in [3.05, 3.63) is 42.0 Å². The first-order valence-corrected chi connectivity index (χ1v) is 7.77. The van der Waals surface area contributed by atoms with Crippen LogP contribution in [0.4, 0.5) is 4.79 Å². The average molecular weight is 317 g/mol. The molecule has 124 valence electrons. The van der Waals surface area contributed by atoms with E-state index in [1.165, 1.54) is 0 Å². The summed E-state index contributed by atoms with van der Waals surface area (Å²) in [5.74, 6) is 0.999. The van der Waals surface area contributed by atoms with Crippen LogP contribution in [0.25, 0.3) is 0 Å². The van der Waals surface area contributed by atoms with Gasteiger partial charge in [0.1, 0.15) is 12.1 Å². The fourth-order valence-electron chi connectivity index (χ4n) is 2.23. The number of aryl methyl sites for hydroxylation is 2. The minimum absolute atomic E-state index is 0.0489. The van der Waals surface area contributed by atoms with Crippen LogP contribution in [0.2, 0.25) is 0 Å². The van der Waals surface area contributed by atoms with Crippen molar-refractivity contribution >= 4 is 6.03 Å². The summed E-state index contributed by atoms with van der Waals surface area (Å²) in [4.78, 5) is 11.9. The lowest BCUT2D eigenvalue weighted by molar-refractivity contribution is 0.236. The molecule has 0 aliphatic heterocycles. The molecule has 7 heteroatoms. The number of nitrogens with zero attached hydrogens (tertiary/aromatic N) is 3. The van der Waals surface area contributed by atoms with Gasteiger partial charge in [0.15, 0.2) is 5.82 Å². The molecule has 1 atom stereocenters. The minimum Gasteiger partial charge on any atom is -0.508 e. The van der Waals surface area contributed by atoms with Gasteiger partial charge in [0, 0.05) is 12.6 Å². The number of hydrogen-bond acceptors (Lipinski definition) is 4. The Morgan fingerprint density at radius 1 is 1.35 bits per heavy atom. The van der Waals surface area contributed by atoms with E-state index in [1.807, 2.05) is 30.5 Å². The van der Waals surface area contributed by atoms with Gasteiger partial charge in [-0.15, -0.1) is 10.2 Å². The van der Waals surface area contributed by atoms with Gasteiger partial charge in [-0.3, -0.25) is 0 Å². The Hall–Kier alpha value is -2.57. The molecule has 2 aromatic rings. The van der Waals surface area contributed by atoms with Crippen molar-refractivity contribution in [2.24, 2.45) is 0 Å². The molecule has 0 saturated carbocycles. The Kier molecular flexibility index (Phi) is 5.96. The number of carbonyl (C=O) groups excluding carboxylic acids is 1. The van der Waals surface area contributed by atoms with E-state index in [0.29, 0.717) is 6.54 Å². The molecule has 0 bridgehead atoms. The number of rotatable bonds is 7. The fourth-order valence-corrected chi connectivity index (χ4v) is 2.23. The molecule has 1 unspecified atom stereocenters. The third kappa shape index (κ3) is 5.28. The lowest BCUT2D eigenvalue weighted by Gasteiger charge is -2.14. The van der Waals surface area contributed by atoms with E-state index in [-0.39, 0.29) is 17.8 Å². The van der Waals surface area contributed by atoms with Gasteiger partial charge in [0.25, 0.3) is 0 Å². The van der Waals surface area contributed by atoms with Crippen LogP contribution >= 0.6 is 0 Å². The predicted octanol–water partition coefficient (Wildman–Crippen LogP) is 1.82. The Bertz CT molecular complexity index is 624. The Morgan fingerprint density at radius 3 is 2.78 bits per heavy atom. The lowest BCUT2D eigenvalue weighted by atomic mass is 10.1. The second-order valence-electron chi connectivity index (χ2n) is 5.47. The van der Waals surface area contributed by atoms with E-state index in [1.54, 1.807) is 18.5 Å². The van der Waals surface area contributed by atoms with E-state index in [0.717, 1.165) is 30.8 Å². The predicted molar refractivity (Wildman–Crippen MR) is 87.0 cm³/mol. The van der Waals surface area contributed by atoms with Crippen LogP contribution in [0.1, 0.15) is 31.7 Å². The van der Waals surface area contributed by atoms with Crippen LogP contribution in [0.3, 0.4) is 0 Å². The third-order valence-electron chi connectivity index (χ3n) is 3.62. The molecule has 1 aromatic carbocycles. The average Bonchev–Trinajstić information content (AvgIpc) is 3.00. The van der Waals surface area contributed by atoms with Crippen LogP contribution in [-0.4, -0.2) is 31.9 Å². The summed E-state index contributed by atoms with van der Waals surface area (Å²) >= 11 is 0. The van der Waals surface area contributed by atoms with Gasteiger partial charge in [-0.1, -0.05) is 12.1 Å². The fraction of sp³-hybridized carbons (Fsp3) is 0.438. The van der Waals surface area contributed by atoms with Crippen molar-refractivity contribution in [1.29, 1.82) is 0 Å². The van der Waals surface area contributed by atoms with Gasteiger partial charge in [0.05, 0.1) is 6.54 Å². The van der Waals surface area contributed by atoms with Crippen molar-refractivity contribution in [2.45, 2.75) is 45.8 Å². The Morgan fingerprint density at radius 2 is 2.09 bits per heavy atom. The van der Waals surface area contributed by atoms with Crippen molar-refractivity contribution in [3.8, 4) is 5.75 Å². The number of nitrogens with one attached hydrogen (secondary N) is 2. The van der Waals surface area contributed by atoms with Crippen molar-refractivity contribution in [1.82, 2.24) is 25.4 Å². The second kappa shape index (κ2) is 8.17. The third-order valence-corrected chi connectivity index (χ3v) is 3.62. The molecule has 1 aromatic heterocycles. The SMILES string of the molecule is CCn1cnnc1CNC(=O)NC(C)CCc1ccc(O)cc1. The van der Waals surface area contributed by atoms with Crippen molar-refractivity contribution in [3.63, 3.8) is 0 Å². The van der Waals surface area contributed by atoms with Gasteiger partial charge >= 0.3 is 6.03 Å². The molecule has 7 nitrogen and oxygen atoms in total. The highest BCUT2D eigenvalue weighted by Gasteiger charge is 2.09. The molecule has 0 radical (unpaired) electrons. The van der Waals surface area contributed by atoms with Crippen LogP contribution < -0.4 is 10.6 Å². The molecule has 23 heavy (non-hydrogen) atoms. The lowest BCUT2D eigenvalue weighted by Crippen LogP contribution is -2.41. The molecular weight excluding hydrogens is 294 g/mol. The quantitative estimate of drug-likeness (QED) is 0.726. The molecule has 0 aliphatic rings. The van der Waals surface area contributed by atoms with E-state index in [2.05, 4.69) is 20.8 Å². The number of carbonyl (C=O) groups is 1. The van der Waals surface area contributed by atoms with Gasteiger partial charge in [-0.2, -0.15) is 0 Å². The molecule has 0 aliphatic carbocycles. The van der Waals surface area contributed by atoms with Gasteiger partial charge < -0.3 is 20.3 Å². The first kappa shape index (κ1) is 16.8. The maximum atomic E-state index is 11.9. The van der Waals surface area contributed by atoms with E-state index in [9.17, 15) is 9.90 Å². The largest absolute Gasteiger partial charge is 0.508 e. The number of amides is 2. The molecule has 3 N–H and O–H groups in total. The number of benzene rings is 1. The second-order valence-corrected chi connectivity index (χ2v) is 5.47. The molecule has 2 rings (SSSR count). The minimum atomic E-state index is -0.214. The molecular formula is C16H23N5O2. The number of phenols is 1. The van der Waals surface area contributed by atoms with Gasteiger partial charge in [0.2, 0.25) is 0 Å². The zero-order valence-corrected chi connectivity index (χ0v) is 13.5.